The van der Waals surface area contributed by atoms with E-state index in [4.69, 9.17) is 9.47 Å². The van der Waals surface area contributed by atoms with Crippen LogP contribution in [0.5, 0.6) is 0 Å². The lowest BCUT2D eigenvalue weighted by molar-refractivity contribution is -0.167. The summed E-state index contributed by atoms with van der Waals surface area (Å²) >= 11 is 1.67. The van der Waals surface area contributed by atoms with Crippen LogP contribution in [0.15, 0.2) is 0 Å². The molecule has 2 rings (SSSR count). The van der Waals surface area contributed by atoms with Crippen molar-refractivity contribution in [3.8, 4) is 0 Å². The first kappa shape index (κ1) is 12.2. The van der Waals surface area contributed by atoms with Crippen molar-refractivity contribution in [2.24, 2.45) is 0 Å². The van der Waals surface area contributed by atoms with E-state index >= 15 is 0 Å². The van der Waals surface area contributed by atoms with E-state index < -0.39 is 11.6 Å². The largest absolute Gasteiger partial charge is 0.479 e. The van der Waals surface area contributed by atoms with E-state index in [0.717, 1.165) is 31.6 Å². The second-order valence-electron chi connectivity index (χ2n) is 4.40. The first-order valence-electron chi connectivity index (χ1n) is 5.80. The smallest absolute Gasteiger partial charge is 0.336 e. The van der Waals surface area contributed by atoms with E-state index in [1.165, 1.54) is 0 Å². The number of carbonyl (C=O) groups is 1. The molecule has 2 unspecified atom stereocenters. The quantitative estimate of drug-likeness (QED) is 0.815. The number of hydrogen-bond donors (Lipinski definition) is 1. The molecule has 2 atom stereocenters. The highest BCUT2D eigenvalue weighted by Crippen LogP contribution is 2.31. The molecule has 2 fully saturated rings. The van der Waals surface area contributed by atoms with Crippen LogP contribution in [0, 0.1) is 0 Å². The second-order valence-corrected chi connectivity index (χ2v) is 5.51. The molecule has 0 aromatic carbocycles. The van der Waals surface area contributed by atoms with Crippen LogP contribution in [0.4, 0.5) is 0 Å². The molecule has 2 saturated heterocycles. The van der Waals surface area contributed by atoms with Gasteiger partial charge in [0.2, 0.25) is 0 Å². The standard InChI is InChI=1S/C11H18O4S/c12-10(13)11(4-2-6-16-8-11)15-7-9-3-1-5-14-9/h9H,1-8H2,(H,12,13). The van der Waals surface area contributed by atoms with Crippen LogP contribution in [-0.2, 0) is 14.3 Å². The normalized spacial score (nSPS) is 35.1. The molecule has 0 saturated carbocycles. The zero-order valence-electron chi connectivity index (χ0n) is 9.31. The van der Waals surface area contributed by atoms with E-state index in [1.807, 2.05) is 0 Å². The molecule has 4 nitrogen and oxygen atoms in total. The zero-order valence-corrected chi connectivity index (χ0v) is 10.1. The first-order valence-corrected chi connectivity index (χ1v) is 6.95. The van der Waals surface area contributed by atoms with Crippen LogP contribution in [0.2, 0.25) is 0 Å². The molecule has 0 aromatic heterocycles. The molecule has 0 bridgehead atoms. The Balaban J connectivity index is 1.88. The summed E-state index contributed by atoms with van der Waals surface area (Å²) in [4.78, 5) is 11.3. The maximum absolute atomic E-state index is 11.3. The Bertz CT molecular complexity index is 244. The molecule has 0 amide bonds. The van der Waals surface area contributed by atoms with E-state index in [1.54, 1.807) is 11.8 Å². The highest BCUT2D eigenvalue weighted by molar-refractivity contribution is 7.99. The average Bonchev–Trinajstić information content (AvgIpc) is 2.80. The summed E-state index contributed by atoms with van der Waals surface area (Å²) < 4.78 is 11.1. The third-order valence-corrected chi connectivity index (χ3v) is 4.41. The predicted molar refractivity (Wildman–Crippen MR) is 61.9 cm³/mol. The molecule has 16 heavy (non-hydrogen) atoms. The topological polar surface area (TPSA) is 55.8 Å². The minimum atomic E-state index is -0.963. The van der Waals surface area contributed by atoms with Gasteiger partial charge in [0.25, 0.3) is 0 Å². The van der Waals surface area contributed by atoms with Gasteiger partial charge in [-0.25, -0.2) is 4.79 Å². The lowest BCUT2D eigenvalue weighted by Crippen LogP contribution is -2.47. The molecular weight excluding hydrogens is 228 g/mol. The van der Waals surface area contributed by atoms with Gasteiger partial charge in [-0.15, -0.1) is 0 Å². The van der Waals surface area contributed by atoms with Crippen LogP contribution in [0.1, 0.15) is 25.7 Å². The molecule has 2 aliphatic heterocycles. The Morgan fingerprint density at radius 1 is 1.56 bits per heavy atom. The fraction of sp³-hybridized carbons (Fsp3) is 0.909. The summed E-state index contributed by atoms with van der Waals surface area (Å²) in [6, 6.07) is 0. The summed E-state index contributed by atoms with van der Waals surface area (Å²) in [5, 5.41) is 9.28. The lowest BCUT2D eigenvalue weighted by atomic mass is 10.00. The zero-order chi connectivity index (χ0) is 11.4. The summed E-state index contributed by atoms with van der Waals surface area (Å²) in [6.45, 7) is 1.20. The third-order valence-electron chi connectivity index (χ3n) is 3.16. The van der Waals surface area contributed by atoms with Crippen molar-refractivity contribution in [1.82, 2.24) is 0 Å². The van der Waals surface area contributed by atoms with Gasteiger partial charge in [0.1, 0.15) is 0 Å². The molecule has 0 aliphatic carbocycles. The molecule has 92 valence electrons. The Morgan fingerprint density at radius 3 is 3.00 bits per heavy atom. The molecule has 2 aliphatic rings. The van der Waals surface area contributed by atoms with Crippen molar-refractivity contribution < 1.29 is 19.4 Å². The molecule has 2 heterocycles. The maximum atomic E-state index is 11.3. The second kappa shape index (κ2) is 5.38. The number of aliphatic carboxylic acids is 1. The lowest BCUT2D eigenvalue weighted by Gasteiger charge is -2.33. The van der Waals surface area contributed by atoms with Gasteiger partial charge in [0.15, 0.2) is 5.60 Å². The van der Waals surface area contributed by atoms with E-state index in [0.29, 0.717) is 18.8 Å². The Labute approximate surface area is 99.7 Å². The molecule has 0 radical (unpaired) electrons. The third kappa shape index (κ3) is 2.70. The van der Waals surface area contributed by atoms with Gasteiger partial charge in [-0.3, -0.25) is 0 Å². The van der Waals surface area contributed by atoms with Crippen LogP contribution in [0.25, 0.3) is 0 Å². The predicted octanol–water partition coefficient (Wildman–Crippen LogP) is 1.53. The molecule has 0 spiro atoms. The van der Waals surface area contributed by atoms with Crippen molar-refractivity contribution in [2.75, 3.05) is 24.7 Å². The van der Waals surface area contributed by atoms with Gasteiger partial charge >= 0.3 is 5.97 Å². The minimum Gasteiger partial charge on any atom is -0.479 e. The van der Waals surface area contributed by atoms with Crippen molar-refractivity contribution in [2.45, 2.75) is 37.4 Å². The number of carboxylic acids is 1. The molecule has 1 N–H and O–H groups in total. The molecule has 0 aromatic rings. The van der Waals surface area contributed by atoms with Gasteiger partial charge in [-0.2, -0.15) is 11.8 Å². The SMILES string of the molecule is O=C(O)C1(OCC2CCCO2)CCCSC1. The molecular formula is C11H18O4S. The number of ether oxygens (including phenoxy) is 2. The number of rotatable bonds is 4. The van der Waals surface area contributed by atoms with Crippen molar-refractivity contribution in [3.63, 3.8) is 0 Å². The Hall–Kier alpha value is -0.260. The van der Waals surface area contributed by atoms with Gasteiger partial charge in [0, 0.05) is 12.4 Å². The van der Waals surface area contributed by atoms with E-state index in [-0.39, 0.29) is 6.10 Å². The van der Waals surface area contributed by atoms with Crippen molar-refractivity contribution >= 4 is 17.7 Å². The van der Waals surface area contributed by atoms with E-state index in [9.17, 15) is 9.90 Å². The van der Waals surface area contributed by atoms with Gasteiger partial charge in [0.05, 0.1) is 12.7 Å². The number of carboxylic acid groups (broad SMARTS) is 1. The Kier molecular flexibility index (Phi) is 4.10. The van der Waals surface area contributed by atoms with Crippen molar-refractivity contribution in [3.05, 3.63) is 0 Å². The average molecular weight is 246 g/mol. The highest BCUT2D eigenvalue weighted by Gasteiger charge is 2.42. The maximum Gasteiger partial charge on any atom is 0.336 e. The summed E-state index contributed by atoms with van der Waals surface area (Å²) in [5.74, 6) is 0.783. The minimum absolute atomic E-state index is 0.100. The monoisotopic (exact) mass is 246 g/mol. The van der Waals surface area contributed by atoms with Gasteiger partial charge < -0.3 is 14.6 Å². The first-order chi connectivity index (χ1) is 7.73. The summed E-state index contributed by atoms with van der Waals surface area (Å²) in [5.41, 5.74) is -0.963. The van der Waals surface area contributed by atoms with Crippen LogP contribution in [-0.4, -0.2) is 47.5 Å². The van der Waals surface area contributed by atoms with Crippen molar-refractivity contribution in [1.29, 1.82) is 0 Å². The summed E-state index contributed by atoms with van der Waals surface area (Å²) in [6.07, 6.45) is 3.69. The Morgan fingerprint density at radius 2 is 2.44 bits per heavy atom. The fourth-order valence-corrected chi connectivity index (χ4v) is 3.32. The highest BCUT2D eigenvalue weighted by atomic mass is 32.2. The fourth-order valence-electron chi connectivity index (χ4n) is 2.14. The molecule has 5 heteroatoms. The van der Waals surface area contributed by atoms with Gasteiger partial charge in [-0.1, -0.05) is 0 Å². The number of hydrogen-bond acceptors (Lipinski definition) is 4. The van der Waals surface area contributed by atoms with Crippen LogP contribution >= 0.6 is 11.8 Å². The van der Waals surface area contributed by atoms with Crippen LogP contribution in [0.3, 0.4) is 0 Å². The van der Waals surface area contributed by atoms with E-state index in [2.05, 4.69) is 0 Å². The van der Waals surface area contributed by atoms with Gasteiger partial charge in [-0.05, 0) is 31.4 Å². The summed E-state index contributed by atoms with van der Waals surface area (Å²) in [7, 11) is 0. The number of thioether (sulfide) groups is 1. The van der Waals surface area contributed by atoms with Crippen LogP contribution < -0.4 is 0 Å².